The molecule has 1 amide bonds. The second-order valence-electron chi connectivity index (χ2n) is 5.16. The molecule has 1 heterocycles. The molecule has 0 saturated carbocycles. The van der Waals surface area contributed by atoms with Gasteiger partial charge in [-0.3, -0.25) is 4.79 Å². The second-order valence-corrected chi connectivity index (χ2v) is 6.02. The topological polar surface area (TPSA) is 49.8 Å². The van der Waals surface area contributed by atoms with Gasteiger partial charge in [0.1, 0.15) is 5.75 Å². The van der Waals surface area contributed by atoms with E-state index in [9.17, 15) is 9.90 Å². The largest absolute Gasteiger partial charge is 0.497 e. The smallest absolute Gasteiger partial charge is 0.227 e. The van der Waals surface area contributed by atoms with Crippen LogP contribution in [0.25, 0.3) is 0 Å². The zero-order valence-corrected chi connectivity index (χ0v) is 13.2. The lowest BCUT2D eigenvalue weighted by molar-refractivity contribution is -0.132. The maximum absolute atomic E-state index is 12.4. The lowest BCUT2D eigenvalue weighted by Crippen LogP contribution is -2.41. The van der Waals surface area contributed by atoms with Crippen molar-refractivity contribution in [1.82, 2.24) is 4.90 Å². The summed E-state index contributed by atoms with van der Waals surface area (Å²) < 4.78 is 6.11. The number of halogens is 1. The van der Waals surface area contributed by atoms with Gasteiger partial charge in [-0.25, -0.2) is 0 Å². The number of piperidine rings is 1. The molecule has 1 N–H and O–H groups in total. The molecule has 1 aliphatic heterocycles. The average molecular weight is 342 g/mol. The number of likely N-dealkylation sites (tertiary alicyclic amines) is 1. The van der Waals surface area contributed by atoms with E-state index >= 15 is 0 Å². The van der Waals surface area contributed by atoms with Gasteiger partial charge in [-0.1, -0.05) is 15.9 Å². The Morgan fingerprint density at radius 3 is 3.05 bits per heavy atom. The molecule has 0 bridgehead atoms. The number of methoxy groups -OCH3 is 1. The molecule has 0 radical (unpaired) electrons. The third kappa shape index (κ3) is 3.73. The van der Waals surface area contributed by atoms with Crippen molar-refractivity contribution in [3.05, 3.63) is 28.2 Å². The number of aliphatic hydroxyl groups is 1. The number of hydrogen-bond acceptors (Lipinski definition) is 3. The van der Waals surface area contributed by atoms with Crippen LogP contribution >= 0.6 is 15.9 Å². The number of carbonyl (C=O) groups excluding carboxylic acids is 1. The molecule has 1 aliphatic rings. The standard InChI is InChI=1S/C15H20BrNO3/c1-20-13-4-5-14(16)12(7-13)8-15(19)17-6-2-3-11(9-17)10-18/h4-5,7,11,18H,2-3,6,8-10H2,1H3. The lowest BCUT2D eigenvalue weighted by Gasteiger charge is -2.32. The SMILES string of the molecule is COc1ccc(Br)c(CC(=O)N2CCCC(CO)C2)c1. The first-order valence-corrected chi connectivity index (χ1v) is 7.64. The highest BCUT2D eigenvalue weighted by molar-refractivity contribution is 9.10. The van der Waals surface area contributed by atoms with Crippen LogP contribution in [-0.4, -0.2) is 42.7 Å². The van der Waals surface area contributed by atoms with E-state index in [1.54, 1.807) is 7.11 Å². The van der Waals surface area contributed by atoms with E-state index < -0.39 is 0 Å². The third-order valence-electron chi connectivity index (χ3n) is 3.72. The maximum Gasteiger partial charge on any atom is 0.227 e. The Kier molecular flexibility index (Phi) is 5.43. The molecule has 20 heavy (non-hydrogen) atoms. The second kappa shape index (κ2) is 7.09. The van der Waals surface area contributed by atoms with Gasteiger partial charge in [0.2, 0.25) is 5.91 Å². The van der Waals surface area contributed by atoms with E-state index in [0.717, 1.165) is 35.2 Å². The van der Waals surface area contributed by atoms with Crippen LogP contribution in [0, 0.1) is 5.92 Å². The molecule has 1 saturated heterocycles. The Morgan fingerprint density at radius 1 is 1.55 bits per heavy atom. The fraction of sp³-hybridized carbons (Fsp3) is 0.533. The summed E-state index contributed by atoms with van der Waals surface area (Å²) in [6, 6.07) is 5.64. The molecule has 1 aromatic carbocycles. The Bertz CT molecular complexity index is 478. The van der Waals surface area contributed by atoms with Crippen LogP contribution in [0.4, 0.5) is 0 Å². The zero-order chi connectivity index (χ0) is 14.5. The monoisotopic (exact) mass is 341 g/mol. The normalized spacial score (nSPS) is 18.9. The van der Waals surface area contributed by atoms with E-state index in [1.807, 2.05) is 23.1 Å². The van der Waals surface area contributed by atoms with Gasteiger partial charge < -0.3 is 14.7 Å². The van der Waals surface area contributed by atoms with Gasteiger partial charge in [-0.2, -0.15) is 0 Å². The van der Waals surface area contributed by atoms with Crippen molar-refractivity contribution in [2.45, 2.75) is 19.3 Å². The van der Waals surface area contributed by atoms with Gasteiger partial charge in [0, 0.05) is 24.2 Å². The van der Waals surface area contributed by atoms with Crippen LogP contribution in [0.3, 0.4) is 0 Å². The first-order chi connectivity index (χ1) is 9.63. The Morgan fingerprint density at radius 2 is 2.35 bits per heavy atom. The van der Waals surface area contributed by atoms with Crippen LogP contribution in [0.1, 0.15) is 18.4 Å². The minimum atomic E-state index is 0.108. The fourth-order valence-electron chi connectivity index (χ4n) is 2.53. The summed E-state index contributed by atoms with van der Waals surface area (Å²) in [4.78, 5) is 14.2. The first kappa shape index (κ1) is 15.3. The molecule has 2 rings (SSSR count). The molecule has 0 aromatic heterocycles. The van der Waals surface area contributed by atoms with Gasteiger partial charge >= 0.3 is 0 Å². The van der Waals surface area contributed by atoms with E-state index in [-0.39, 0.29) is 18.4 Å². The van der Waals surface area contributed by atoms with Crippen molar-refractivity contribution in [3.63, 3.8) is 0 Å². The van der Waals surface area contributed by atoms with E-state index in [0.29, 0.717) is 13.0 Å². The Balaban J connectivity index is 2.03. The average Bonchev–Trinajstić information content (AvgIpc) is 2.49. The predicted octanol–water partition coefficient (Wildman–Crippen LogP) is 2.23. The zero-order valence-electron chi connectivity index (χ0n) is 11.6. The molecule has 1 fully saturated rings. The number of ether oxygens (including phenoxy) is 1. The van der Waals surface area contributed by atoms with Crippen LogP contribution in [0.2, 0.25) is 0 Å². The Hall–Kier alpha value is -1.07. The molecule has 0 spiro atoms. The highest BCUT2D eigenvalue weighted by Gasteiger charge is 2.23. The summed E-state index contributed by atoms with van der Waals surface area (Å²) in [6.45, 7) is 1.61. The number of rotatable bonds is 4. The minimum absolute atomic E-state index is 0.108. The Labute approximate surface area is 127 Å². The van der Waals surface area contributed by atoms with Gasteiger partial charge in [0.15, 0.2) is 0 Å². The molecule has 1 unspecified atom stereocenters. The summed E-state index contributed by atoms with van der Waals surface area (Å²) in [5.41, 5.74) is 0.931. The highest BCUT2D eigenvalue weighted by Crippen LogP contribution is 2.24. The molecular formula is C15H20BrNO3. The lowest BCUT2D eigenvalue weighted by atomic mass is 9.98. The first-order valence-electron chi connectivity index (χ1n) is 6.85. The summed E-state index contributed by atoms with van der Waals surface area (Å²) in [6.07, 6.45) is 2.33. The van der Waals surface area contributed by atoms with Crippen LogP contribution in [-0.2, 0) is 11.2 Å². The number of hydrogen-bond donors (Lipinski definition) is 1. The van der Waals surface area contributed by atoms with Crippen molar-refractivity contribution >= 4 is 21.8 Å². The molecular weight excluding hydrogens is 322 g/mol. The van der Waals surface area contributed by atoms with Gasteiger partial charge in [-0.05, 0) is 42.5 Å². The van der Waals surface area contributed by atoms with E-state index in [4.69, 9.17) is 4.74 Å². The summed E-state index contributed by atoms with van der Waals surface area (Å²) in [7, 11) is 1.62. The van der Waals surface area contributed by atoms with Crippen molar-refractivity contribution in [1.29, 1.82) is 0 Å². The van der Waals surface area contributed by atoms with Crippen LogP contribution in [0.5, 0.6) is 5.75 Å². The van der Waals surface area contributed by atoms with Gasteiger partial charge in [0.05, 0.1) is 13.5 Å². The molecule has 0 aliphatic carbocycles. The van der Waals surface area contributed by atoms with Gasteiger partial charge in [-0.15, -0.1) is 0 Å². The number of carbonyl (C=O) groups is 1. The maximum atomic E-state index is 12.4. The van der Waals surface area contributed by atoms with Crippen molar-refractivity contribution in [3.8, 4) is 5.75 Å². The minimum Gasteiger partial charge on any atom is -0.497 e. The molecule has 5 heteroatoms. The molecule has 1 aromatic rings. The summed E-state index contributed by atoms with van der Waals surface area (Å²) >= 11 is 3.47. The number of amides is 1. The summed E-state index contributed by atoms with van der Waals surface area (Å²) in [5.74, 6) is 1.08. The number of aliphatic hydroxyl groups excluding tert-OH is 1. The molecule has 1 atom stereocenters. The van der Waals surface area contributed by atoms with E-state index in [2.05, 4.69) is 15.9 Å². The molecule has 110 valence electrons. The predicted molar refractivity (Wildman–Crippen MR) is 80.8 cm³/mol. The summed E-state index contributed by atoms with van der Waals surface area (Å²) in [5, 5.41) is 9.23. The van der Waals surface area contributed by atoms with Crippen molar-refractivity contribution < 1.29 is 14.6 Å². The van der Waals surface area contributed by atoms with Crippen LogP contribution in [0.15, 0.2) is 22.7 Å². The van der Waals surface area contributed by atoms with Crippen molar-refractivity contribution in [2.75, 3.05) is 26.8 Å². The molecule has 4 nitrogen and oxygen atoms in total. The third-order valence-corrected chi connectivity index (χ3v) is 4.50. The van der Waals surface area contributed by atoms with E-state index in [1.165, 1.54) is 0 Å². The number of benzene rings is 1. The van der Waals surface area contributed by atoms with Gasteiger partial charge in [0.25, 0.3) is 0 Å². The quantitative estimate of drug-likeness (QED) is 0.913. The van der Waals surface area contributed by atoms with Crippen molar-refractivity contribution in [2.24, 2.45) is 5.92 Å². The van der Waals surface area contributed by atoms with Crippen LogP contribution < -0.4 is 4.74 Å². The number of nitrogens with zero attached hydrogens (tertiary/aromatic N) is 1. The highest BCUT2D eigenvalue weighted by atomic mass is 79.9. The fourth-order valence-corrected chi connectivity index (χ4v) is 2.92.